The van der Waals surface area contributed by atoms with Crippen LogP contribution in [0.1, 0.15) is 36.3 Å². The Morgan fingerprint density at radius 2 is 2.17 bits per heavy atom. The summed E-state index contributed by atoms with van der Waals surface area (Å²) in [6.07, 6.45) is 3.95. The fourth-order valence-corrected chi connectivity index (χ4v) is 2.82. The number of nitrogens with one attached hydrogen (secondary N) is 1. The lowest BCUT2D eigenvalue weighted by Gasteiger charge is -2.29. The third-order valence-corrected chi connectivity index (χ3v) is 4.41. The highest BCUT2D eigenvalue weighted by molar-refractivity contribution is 5.86. The van der Waals surface area contributed by atoms with Crippen LogP contribution >= 0.6 is 0 Å². The zero-order valence-corrected chi connectivity index (χ0v) is 10.5. The van der Waals surface area contributed by atoms with Gasteiger partial charge in [-0.15, -0.1) is 0 Å². The quantitative estimate of drug-likeness (QED) is 0.828. The summed E-state index contributed by atoms with van der Waals surface area (Å²) in [5.74, 6) is 0.198. The Kier molecular flexibility index (Phi) is 2.86. The van der Waals surface area contributed by atoms with Crippen LogP contribution in [0.4, 0.5) is 0 Å². The molecule has 1 unspecified atom stereocenters. The fourth-order valence-electron chi connectivity index (χ4n) is 2.82. The van der Waals surface area contributed by atoms with E-state index < -0.39 is 0 Å². The molecule has 0 heterocycles. The molecule has 3 rings (SSSR count). The lowest BCUT2D eigenvalue weighted by molar-refractivity contribution is -0.123. The SMILES string of the molecule is O=C(NCC1(CCO)CC1)C1Cc2ccccc21. The topological polar surface area (TPSA) is 49.3 Å². The lowest BCUT2D eigenvalue weighted by Crippen LogP contribution is -2.38. The van der Waals surface area contributed by atoms with Crippen molar-refractivity contribution in [1.82, 2.24) is 5.32 Å². The van der Waals surface area contributed by atoms with E-state index in [0.29, 0.717) is 0 Å². The van der Waals surface area contributed by atoms with Crippen LogP contribution in [0.2, 0.25) is 0 Å². The second-order valence-corrected chi connectivity index (χ2v) is 5.65. The molecule has 1 fully saturated rings. The minimum atomic E-state index is 0.0473. The molecule has 1 amide bonds. The summed E-state index contributed by atoms with van der Waals surface area (Å²) >= 11 is 0. The summed E-state index contributed by atoms with van der Waals surface area (Å²) in [5, 5.41) is 12.1. The van der Waals surface area contributed by atoms with E-state index in [1.165, 1.54) is 11.1 Å². The second kappa shape index (κ2) is 4.39. The van der Waals surface area contributed by atoms with E-state index in [2.05, 4.69) is 11.4 Å². The van der Waals surface area contributed by atoms with Gasteiger partial charge < -0.3 is 10.4 Å². The maximum atomic E-state index is 12.1. The summed E-state index contributed by atoms with van der Waals surface area (Å²) in [6.45, 7) is 0.952. The Balaban J connectivity index is 1.55. The summed E-state index contributed by atoms with van der Waals surface area (Å²) in [5.41, 5.74) is 2.68. The van der Waals surface area contributed by atoms with E-state index in [0.717, 1.165) is 32.2 Å². The molecule has 2 aliphatic rings. The normalized spacial score (nSPS) is 22.8. The first-order valence-corrected chi connectivity index (χ1v) is 6.70. The molecule has 96 valence electrons. The number of rotatable bonds is 5. The van der Waals surface area contributed by atoms with E-state index in [4.69, 9.17) is 5.11 Å². The number of carbonyl (C=O) groups excluding carboxylic acids is 1. The van der Waals surface area contributed by atoms with Crippen molar-refractivity contribution < 1.29 is 9.90 Å². The number of aliphatic hydroxyl groups excluding tert-OH is 1. The number of aliphatic hydroxyl groups is 1. The standard InChI is InChI=1S/C15H19NO2/c17-8-7-15(5-6-15)10-16-14(18)13-9-11-3-1-2-4-12(11)13/h1-4,13,17H,5-10H2,(H,16,18). The largest absolute Gasteiger partial charge is 0.396 e. The van der Waals surface area contributed by atoms with E-state index in [9.17, 15) is 4.79 Å². The first kappa shape index (κ1) is 11.7. The third-order valence-electron chi connectivity index (χ3n) is 4.41. The molecule has 3 heteroatoms. The monoisotopic (exact) mass is 245 g/mol. The number of hydrogen-bond acceptors (Lipinski definition) is 2. The van der Waals surface area contributed by atoms with E-state index in [-0.39, 0.29) is 23.8 Å². The van der Waals surface area contributed by atoms with Crippen LogP contribution in [0, 0.1) is 5.41 Å². The summed E-state index contributed by atoms with van der Waals surface area (Å²) in [7, 11) is 0. The van der Waals surface area contributed by atoms with Crippen molar-refractivity contribution >= 4 is 5.91 Å². The summed E-state index contributed by atoms with van der Waals surface area (Å²) in [4.78, 5) is 12.1. The molecule has 0 radical (unpaired) electrons. The average Bonchev–Trinajstić information content (AvgIpc) is 3.09. The van der Waals surface area contributed by atoms with Crippen molar-refractivity contribution in [2.75, 3.05) is 13.2 Å². The van der Waals surface area contributed by atoms with Crippen LogP contribution in [0.15, 0.2) is 24.3 Å². The number of benzene rings is 1. The molecule has 2 aliphatic carbocycles. The molecular formula is C15H19NO2. The molecule has 0 bridgehead atoms. The number of amides is 1. The maximum Gasteiger partial charge on any atom is 0.227 e. The van der Waals surface area contributed by atoms with Gasteiger partial charge in [0.1, 0.15) is 0 Å². The van der Waals surface area contributed by atoms with E-state index in [1.54, 1.807) is 0 Å². The van der Waals surface area contributed by atoms with Crippen molar-refractivity contribution in [2.45, 2.75) is 31.6 Å². The van der Waals surface area contributed by atoms with E-state index in [1.807, 2.05) is 18.2 Å². The van der Waals surface area contributed by atoms with Crippen molar-refractivity contribution in [1.29, 1.82) is 0 Å². The zero-order chi connectivity index (χ0) is 12.6. The minimum absolute atomic E-state index is 0.0473. The van der Waals surface area contributed by atoms with Gasteiger partial charge in [-0.3, -0.25) is 4.79 Å². The Hall–Kier alpha value is -1.35. The van der Waals surface area contributed by atoms with Crippen molar-refractivity contribution in [3.63, 3.8) is 0 Å². The Morgan fingerprint density at radius 1 is 1.39 bits per heavy atom. The van der Waals surface area contributed by atoms with Crippen LogP contribution in [-0.4, -0.2) is 24.2 Å². The fraction of sp³-hybridized carbons (Fsp3) is 0.533. The molecule has 1 saturated carbocycles. The predicted octanol–water partition coefficient (Wildman–Crippen LogP) is 1.61. The highest BCUT2D eigenvalue weighted by Gasteiger charge is 2.42. The van der Waals surface area contributed by atoms with Gasteiger partial charge in [0.2, 0.25) is 5.91 Å². The minimum Gasteiger partial charge on any atom is -0.396 e. The molecule has 2 N–H and O–H groups in total. The van der Waals surface area contributed by atoms with Gasteiger partial charge in [-0.1, -0.05) is 24.3 Å². The van der Waals surface area contributed by atoms with Gasteiger partial charge in [0.25, 0.3) is 0 Å². The first-order chi connectivity index (χ1) is 8.74. The van der Waals surface area contributed by atoms with Gasteiger partial charge in [0.15, 0.2) is 0 Å². The van der Waals surface area contributed by atoms with Crippen LogP contribution in [0.3, 0.4) is 0 Å². The summed E-state index contributed by atoms with van der Waals surface area (Å²) in [6, 6.07) is 8.15. The third kappa shape index (κ3) is 2.03. The molecule has 0 saturated heterocycles. The van der Waals surface area contributed by atoms with Crippen LogP contribution in [-0.2, 0) is 11.2 Å². The predicted molar refractivity (Wildman–Crippen MR) is 69.3 cm³/mol. The van der Waals surface area contributed by atoms with Gasteiger partial charge >= 0.3 is 0 Å². The van der Waals surface area contributed by atoms with Crippen molar-refractivity contribution in [3.8, 4) is 0 Å². The summed E-state index contributed by atoms with van der Waals surface area (Å²) < 4.78 is 0. The smallest absolute Gasteiger partial charge is 0.227 e. The molecule has 1 aromatic rings. The molecule has 1 atom stereocenters. The molecule has 0 spiro atoms. The molecule has 3 nitrogen and oxygen atoms in total. The van der Waals surface area contributed by atoms with Gasteiger partial charge in [0, 0.05) is 13.2 Å². The molecule has 0 aromatic heterocycles. The second-order valence-electron chi connectivity index (χ2n) is 5.65. The zero-order valence-electron chi connectivity index (χ0n) is 10.5. The van der Waals surface area contributed by atoms with Gasteiger partial charge in [-0.05, 0) is 42.2 Å². The highest BCUT2D eigenvalue weighted by atomic mass is 16.3. The Morgan fingerprint density at radius 3 is 2.83 bits per heavy atom. The lowest BCUT2D eigenvalue weighted by atomic mass is 9.77. The van der Waals surface area contributed by atoms with Gasteiger partial charge in [-0.25, -0.2) is 0 Å². The maximum absolute atomic E-state index is 12.1. The average molecular weight is 245 g/mol. The van der Waals surface area contributed by atoms with Gasteiger partial charge in [0.05, 0.1) is 5.92 Å². The van der Waals surface area contributed by atoms with Crippen molar-refractivity contribution in [3.05, 3.63) is 35.4 Å². The molecule has 0 aliphatic heterocycles. The Bertz CT molecular complexity index is 465. The van der Waals surface area contributed by atoms with E-state index >= 15 is 0 Å². The van der Waals surface area contributed by atoms with Crippen LogP contribution in [0.25, 0.3) is 0 Å². The molecule has 1 aromatic carbocycles. The number of hydrogen-bond donors (Lipinski definition) is 2. The van der Waals surface area contributed by atoms with Crippen LogP contribution in [0.5, 0.6) is 0 Å². The van der Waals surface area contributed by atoms with Crippen molar-refractivity contribution in [2.24, 2.45) is 5.41 Å². The Labute approximate surface area is 107 Å². The highest BCUT2D eigenvalue weighted by Crippen LogP contribution is 2.48. The number of fused-ring (bicyclic) bond motifs is 1. The molecular weight excluding hydrogens is 226 g/mol. The molecule has 18 heavy (non-hydrogen) atoms. The van der Waals surface area contributed by atoms with Crippen LogP contribution < -0.4 is 5.32 Å². The number of carbonyl (C=O) groups is 1. The van der Waals surface area contributed by atoms with Gasteiger partial charge in [-0.2, -0.15) is 0 Å². The first-order valence-electron chi connectivity index (χ1n) is 6.70.